The second kappa shape index (κ2) is 5.68. The molecule has 1 aromatic heterocycles. The molecule has 0 radical (unpaired) electrons. The van der Waals surface area contributed by atoms with Gasteiger partial charge < -0.3 is 20.5 Å². The van der Waals surface area contributed by atoms with Crippen LogP contribution < -0.4 is 11.1 Å². The number of nitrogens with one attached hydrogen (secondary N) is 1. The van der Waals surface area contributed by atoms with E-state index in [4.69, 9.17) is 10.5 Å². The molecular formula is C12H15F2N3O3. The maximum atomic E-state index is 13.4. The number of carbonyl (C=O) groups excluding carboxylic acids is 1. The normalized spacial score (nSPS) is 20.9. The van der Waals surface area contributed by atoms with Gasteiger partial charge in [0.05, 0.1) is 25.8 Å². The number of alkyl halides is 2. The van der Waals surface area contributed by atoms with Crippen LogP contribution >= 0.6 is 0 Å². The molecule has 1 aromatic rings. The number of anilines is 1. The van der Waals surface area contributed by atoms with E-state index in [1.54, 1.807) is 0 Å². The number of nitrogens with two attached hydrogens (primary N) is 1. The van der Waals surface area contributed by atoms with Crippen LogP contribution in [0.5, 0.6) is 0 Å². The molecule has 0 spiro atoms. The fourth-order valence-corrected chi connectivity index (χ4v) is 1.87. The highest BCUT2D eigenvalue weighted by Gasteiger charge is 2.44. The van der Waals surface area contributed by atoms with Gasteiger partial charge in [0.15, 0.2) is 0 Å². The number of nitrogens with zero attached hydrogens (tertiary/aromatic N) is 1. The lowest BCUT2D eigenvalue weighted by Crippen LogP contribution is -2.34. The highest BCUT2D eigenvalue weighted by molar-refractivity contribution is 5.89. The van der Waals surface area contributed by atoms with E-state index >= 15 is 0 Å². The van der Waals surface area contributed by atoms with Crippen molar-refractivity contribution in [2.45, 2.75) is 18.6 Å². The molecule has 20 heavy (non-hydrogen) atoms. The minimum Gasteiger partial charge on any atom is -0.465 e. The average molecular weight is 287 g/mol. The van der Waals surface area contributed by atoms with Gasteiger partial charge in [-0.3, -0.25) is 0 Å². The van der Waals surface area contributed by atoms with Gasteiger partial charge in [0.2, 0.25) is 0 Å². The highest BCUT2D eigenvalue weighted by atomic mass is 19.3. The summed E-state index contributed by atoms with van der Waals surface area (Å²) in [6.45, 7) is -0.490. The number of hydrogen-bond acceptors (Lipinski definition) is 6. The number of nitrogen functional groups attached to an aromatic ring is 1. The summed E-state index contributed by atoms with van der Waals surface area (Å²) in [5, 5.41) is 2.56. The van der Waals surface area contributed by atoms with Gasteiger partial charge in [-0.05, 0) is 6.07 Å². The van der Waals surface area contributed by atoms with Crippen LogP contribution in [0.3, 0.4) is 0 Å². The molecule has 3 N–H and O–H groups in total. The number of pyridine rings is 1. The van der Waals surface area contributed by atoms with E-state index in [0.717, 1.165) is 0 Å². The first kappa shape index (κ1) is 14.6. The molecule has 2 heterocycles. The van der Waals surface area contributed by atoms with Crippen LogP contribution in [0.1, 0.15) is 15.9 Å². The summed E-state index contributed by atoms with van der Waals surface area (Å²) in [5.74, 6) is -3.36. The van der Waals surface area contributed by atoms with Gasteiger partial charge in [-0.15, -0.1) is 0 Å². The Hall–Kier alpha value is -1.80. The van der Waals surface area contributed by atoms with E-state index in [2.05, 4.69) is 15.0 Å². The number of esters is 1. The van der Waals surface area contributed by atoms with Crippen molar-refractivity contribution in [2.24, 2.45) is 0 Å². The van der Waals surface area contributed by atoms with Gasteiger partial charge >= 0.3 is 5.97 Å². The third-order valence-electron chi connectivity index (χ3n) is 3.02. The van der Waals surface area contributed by atoms with Crippen molar-refractivity contribution < 1.29 is 23.0 Å². The lowest BCUT2D eigenvalue weighted by Gasteiger charge is -2.18. The topological polar surface area (TPSA) is 86.5 Å². The molecule has 1 fully saturated rings. The fraction of sp³-hybridized carbons (Fsp3) is 0.500. The lowest BCUT2D eigenvalue weighted by molar-refractivity contribution is -0.110. The molecule has 0 saturated carbocycles. The number of aromatic nitrogens is 1. The zero-order valence-corrected chi connectivity index (χ0v) is 10.9. The Bertz CT molecular complexity index is 511. The van der Waals surface area contributed by atoms with Crippen molar-refractivity contribution >= 4 is 11.8 Å². The number of methoxy groups -OCH3 is 1. The van der Waals surface area contributed by atoms with Crippen molar-refractivity contribution in [3.63, 3.8) is 0 Å². The van der Waals surface area contributed by atoms with Gasteiger partial charge in [0, 0.05) is 18.3 Å². The monoisotopic (exact) mass is 287 g/mol. The van der Waals surface area contributed by atoms with Crippen LogP contribution in [0.4, 0.5) is 14.6 Å². The van der Waals surface area contributed by atoms with Gasteiger partial charge in [0.1, 0.15) is 11.9 Å². The highest BCUT2D eigenvalue weighted by Crippen LogP contribution is 2.26. The summed E-state index contributed by atoms with van der Waals surface area (Å²) in [6, 6.07) is 1.43. The van der Waals surface area contributed by atoms with Crippen molar-refractivity contribution in [1.82, 2.24) is 10.3 Å². The van der Waals surface area contributed by atoms with Crippen molar-refractivity contribution in [1.29, 1.82) is 0 Å². The zero-order valence-electron chi connectivity index (χ0n) is 10.9. The van der Waals surface area contributed by atoms with Crippen LogP contribution in [0.25, 0.3) is 0 Å². The first-order chi connectivity index (χ1) is 9.44. The van der Waals surface area contributed by atoms with E-state index in [1.807, 2.05) is 0 Å². The van der Waals surface area contributed by atoms with Gasteiger partial charge in [0.25, 0.3) is 5.92 Å². The van der Waals surface area contributed by atoms with E-state index in [9.17, 15) is 13.6 Å². The Morgan fingerprint density at radius 2 is 2.40 bits per heavy atom. The zero-order chi connectivity index (χ0) is 14.8. The smallest absolute Gasteiger partial charge is 0.339 e. The standard InChI is InChI=1S/C12H15F2N3O3/c1-19-11(18)7-2-8(10(15)17-3-7)5-20-9-4-16-6-12(9,13)14/h2-3,9,16H,4-6H2,1H3,(H2,15,17). The molecular weight excluding hydrogens is 272 g/mol. The molecule has 0 amide bonds. The molecule has 1 unspecified atom stereocenters. The number of halogens is 2. The minimum atomic E-state index is -2.91. The van der Waals surface area contributed by atoms with Crippen LogP contribution in [0, 0.1) is 0 Å². The molecule has 1 aliphatic heterocycles. The second-order valence-electron chi connectivity index (χ2n) is 4.45. The number of carbonyl (C=O) groups is 1. The summed E-state index contributed by atoms with van der Waals surface area (Å²) < 4.78 is 36.5. The summed E-state index contributed by atoms with van der Waals surface area (Å²) >= 11 is 0. The number of ether oxygens (including phenoxy) is 2. The van der Waals surface area contributed by atoms with Crippen molar-refractivity contribution in [2.75, 3.05) is 25.9 Å². The fourth-order valence-electron chi connectivity index (χ4n) is 1.87. The van der Waals surface area contributed by atoms with E-state index in [0.29, 0.717) is 5.56 Å². The Kier molecular flexibility index (Phi) is 4.15. The molecule has 6 nitrogen and oxygen atoms in total. The molecule has 110 valence electrons. The first-order valence-electron chi connectivity index (χ1n) is 5.97. The molecule has 8 heteroatoms. The molecule has 0 bridgehead atoms. The lowest BCUT2D eigenvalue weighted by atomic mass is 10.2. The number of hydrogen-bond donors (Lipinski definition) is 2. The van der Waals surface area contributed by atoms with E-state index in [1.165, 1.54) is 19.4 Å². The quantitative estimate of drug-likeness (QED) is 0.788. The molecule has 2 rings (SSSR count). The average Bonchev–Trinajstić information content (AvgIpc) is 2.76. The van der Waals surface area contributed by atoms with E-state index in [-0.39, 0.29) is 24.5 Å². The summed E-state index contributed by atoms with van der Waals surface area (Å²) in [5.41, 5.74) is 6.20. The number of rotatable bonds is 4. The van der Waals surface area contributed by atoms with Gasteiger partial charge in [-0.2, -0.15) is 0 Å². The van der Waals surface area contributed by atoms with Gasteiger partial charge in [-0.25, -0.2) is 18.6 Å². The summed E-state index contributed by atoms with van der Waals surface area (Å²) in [4.78, 5) is 15.2. The van der Waals surface area contributed by atoms with Crippen LogP contribution in [-0.4, -0.2) is 43.2 Å². The molecule has 1 saturated heterocycles. The maximum Gasteiger partial charge on any atom is 0.339 e. The third-order valence-corrected chi connectivity index (χ3v) is 3.02. The van der Waals surface area contributed by atoms with Gasteiger partial charge in [-0.1, -0.05) is 0 Å². The Labute approximate surface area is 114 Å². The first-order valence-corrected chi connectivity index (χ1v) is 5.97. The van der Waals surface area contributed by atoms with Crippen LogP contribution in [0.15, 0.2) is 12.3 Å². The summed E-state index contributed by atoms with van der Waals surface area (Å²) in [6.07, 6.45) is 0.0415. The Balaban J connectivity index is 2.07. The van der Waals surface area contributed by atoms with Crippen LogP contribution in [-0.2, 0) is 16.1 Å². The van der Waals surface area contributed by atoms with E-state index < -0.39 is 24.5 Å². The predicted molar refractivity (Wildman–Crippen MR) is 66.4 cm³/mol. The minimum absolute atomic E-state index is 0.0665. The molecule has 0 aliphatic carbocycles. The third kappa shape index (κ3) is 3.02. The summed E-state index contributed by atoms with van der Waals surface area (Å²) in [7, 11) is 1.24. The maximum absolute atomic E-state index is 13.4. The Morgan fingerprint density at radius 1 is 1.65 bits per heavy atom. The van der Waals surface area contributed by atoms with Crippen molar-refractivity contribution in [3.8, 4) is 0 Å². The Morgan fingerprint density at radius 3 is 3.00 bits per heavy atom. The van der Waals surface area contributed by atoms with Crippen LogP contribution in [0.2, 0.25) is 0 Å². The molecule has 0 aromatic carbocycles. The molecule has 1 atom stereocenters. The second-order valence-corrected chi connectivity index (χ2v) is 4.45. The SMILES string of the molecule is COC(=O)c1cnc(N)c(COC2CNCC2(F)F)c1. The molecule has 1 aliphatic rings. The van der Waals surface area contributed by atoms with Crippen molar-refractivity contribution in [3.05, 3.63) is 23.4 Å². The predicted octanol–water partition coefficient (Wildman–Crippen LogP) is 0.574. The largest absolute Gasteiger partial charge is 0.465 e.